The first-order chi connectivity index (χ1) is 12.4. The predicted octanol–water partition coefficient (Wildman–Crippen LogP) is 2.79. The van der Waals surface area contributed by atoms with Crippen LogP contribution in [0, 0.1) is 11.8 Å². The fourth-order valence-corrected chi connectivity index (χ4v) is 5.54. The monoisotopic (exact) mass is 379 g/mol. The summed E-state index contributed by atoms with van der Waals surface area (Å²) in [7, 11) is -3.35. The number of hydrogen-bond donors (Lipinski definition) is 2. The molecule has 5 nitrogen and oxygen atoms in total. The van der Waals surface area contributed by atoms with Gasteiger partial charge in [-0.05, 0) is 42.5 Å². The summed E-state index contributed by atoms with van der Waals surface area (Å²) < 4.78 is 26.6. The molecule has 2 aliphatic rings. The number of likely N-dealkylation sites (tertiary alicyclic amines) is 1. The summed E-state index contributed by atoms with van der Waals surface area (Å²) in [5.41, 5.74) is 7.48. The molecular weight excluding hydrogens is 346 g/mol. The van der Waals surface area contributed by atoms with Gasteiger partial charge in [0.15, 0.2) is 0 Å². The number of hydrogen-bond acceptors (Lipinski definition) is 4. The highest BCUT2D eigenvalue weighted by Gasteiger charge is 2.65. The van der Waals surface area contributed by atoms with Gasteiger partial charge >= 0.3 is 0 Å². The van der Waals surface area contributed by atoms with Gasteiger partial charge in [-0.3, -0.25) is 4.72 Å². The van der Waals surface area contributed by atoms with Gasteiger partial charge in [-0.1, -0.05) is 45.2 Å². The molecular formula is C20H33N3O2S. The average molecular weight is 380 g/mol. The molecule has 26 heavy (non-hydrogen) atoms. The summed E-state index contributed by atoms with van der Waals surface area (Å²) in [5.74, 6) is 1.35. The van der Waals surface area contributed by atoms with E-state index in [2.05, 4.69) is 29.5 Å². The quantitative estimate of drug-likeness (QED) is 0.613. The molecule has 1 aromatic rings. The third kappa shape index (κ3) is 4.07. The van der Waals surface area contributed by atoms with Crippen LogP contribution in [0.25, 0.3) is 0 Å². The topological polar surface area (TPSA) is 75.4 Å². The first-order valence-electron chi connectivity index (χ1n) is 9.94. The van der Waals surface area contributed by atoms with Gasteiger partial charge in [0.05, 0.1) is 5.75 Å². The Labute approximate surface area is 158 Å². The number of rotatable bonds is 10. The van der Waals surface area contributed by atoms with E-state index in [1.165, 1.54) is 50.9 Å². The van der Waals surface area contributed by atoms with Crippen molar-refractivity contribution in [3.63, 3.8) is 0 Å². The second-order valence-electron chi connectivity index (χ2n) is 8.11. The van der Waals surface area contributed by atoms with Crippen LogP contribution in [0.15, 0.2) is 24.3 Å². The number of nitrogens with one attached hydrogen (secondary N) is 1. The lowest BCUT2D eigenvalue weighted by atomic mass is 9.92. The molecule has 1 saturated carbocycles. The van der Waals surface area contributed by atoms with Gasteiger partial charge in [-0.15, -0.1) is 0 Å². The summed E-state index contributed by atoms with van der Waals surface area (Å²) in [6, 6.07) is 7.93. The molecule has 1 aromatic carbocycles. The highest BCUT2D eigenvalue weighted by Crippen LogP contribution is 2.63. The molecule has 2 fully saturated rings. The summed E-state index contributed by atoms with van der Waals surface area (Å²) in [5, 5.41) is 0. The number of nitrogens with two attached hydrogens (primary N) is 1. The molecule has 1 heterocycles. The maximum Gasteiger partial charge on any atom is 0.233 e. The Morgan fingerprint density at radius 1 is 1.23 bits per heavy atom. The lowest BCUT2D eigenvalue weighted by Crippen LogP contribution is -2.30. The zero-order valence-electron chi connectivity index (χ0n) is 16.1. The third-order valence-corrected chi connectivity index (χ3v) is 7.62. The molecule has 1 aliphatic heterocycles. The molecule has 0 aromatic heterocycles. The van der Waals surface area contributed by atoms with Crippen molar-refractivity contribution in [2.24, 2.45) is 17.6 Å². The molecule has 0 radical (unpaired) electrons. The lowest BCUT2D eigenvalue weighted by molar-refractivity contribution is 0.271. The minimum absolute atomic E-state index is 0.0489. The zero-order chi connectivity index (χ0) is 18.8. The molecule has 2 unspecified atom stereocenters. The summed E-state index contributed by atoms with van der Waals surface area (Å²) >= 11 is 0. The summed E-state index contributed by atoms with van der Waals surface area (Å²) in [6.45, 7) is 8.30. The van der Waals surface area contributed by atoms with E-state index >= 15 is 0 Å². The molecule has 0 amide bonds. The Kier molecular flexibility index (Phi) is 5.94. The van der Waals surface area contributed by atoms with Crippen molar-refractivity contribution in [1.82, 2.24) is 4.90 Å². The smallest absolute Gasteiger partial charge is 0.233 e. The van der Waals surface area contributed by atoms with E-state index in [9.17, 15) is 8.42 Å². The molecule has 6 heteroatoms. The Balaban J connectivity index is 1.59. The molecule has 0 spiro atoms. The largest absolute Gasteiger partial charge is 0.329 e. The van der Waals surface area contributed by atoms with Crippen LogP contribution in [0.2, 0.25) is 0 Å². The number of fused-ring (bicyclic) bond motifs is 1. The molecule has 2 atom stereocenters. The lowest BCUT2D eigenvalue weighted by Gasteiger charge is -2.24. The van der Waals surface area contributed by atoms with Gasteiger partial charge < -0.3 is 10.6 Å². The molecule has 3 N–H and O–H groups in total. The number of nitrogens with zero attached hydrogens (tertiary/aromatic N) is 1. The molecule has 146 valence electrons. The minimum Gasteiger partial charge on any atom is -0.329 e. The number of piperidine rings is 1. The van der Waals surface area contributed by atoms with Gasteiger partial charge in [0.2, 0.25) is 10.0 Å². The predicted molar refractivity (Wildman–Crippen MR) is 108 cm³/mol. The van der Waals surface area contributed by atoms with Crippen molar-refractivity contribution < 1.29 is 8.42 Å². The van der Waals surface area contributed by atoms with Gasteiger partial charge in [0.1, 0.15) is 0 Å². The Morgan fingerprint density at radius 3 is 2.62 bits per heavy atom. The Bertz CT molecular complexity index is 708. The number of benzene rings is 1. The van der Waals surface area contributed by atoms with Crippen molar-refractivity contribution in [3.05, 3.63) is 29.8 Å². The first kappa shape index (κ1) is 19.6. The zero-order valence-corrected chi connectivity index (χ0v) is 16.9. The fourth-order valence-electron chi connectivity index (χ4n) is 4.64. The highest BCUT2D eigenvalue weighted by atomic mass is 32.2. The van der Waals surface area contributed by atoms with Crippen LogP contribution >= 0.6 is 0 Å². The van der Waals surface area contributed by atoms with E-state index in [4.69, 9.17) is 5.73 Å². The minimum atomic E-state index is -3.35. The van der Waals surface area contributed by atoms with Crippen molar-refractivity contribution in [2.75, 3.05) is 36.7 Å². The van der Waals surface area contributed by atoms with Crippen molar-refractivity contribution in [3.8, 4) is 0 Å². The van der Waals surface area contributed by atoms with Crippen LogP contribution in [0.5, 0.6) is 0 Å². The Hall–Kier alpha value is -1.11. The van der Waals surface area contributed by atoms with Crippen LogP contribution in [0.3, 0.4) is 0 Å². The standard InChI is InChI=1S/C20H33N3O2S/c1-3-4-5-6-11-23-14-18-19(15-23)20(18,2)16-8-7-9-17(13-16)22-26(24,25)12-10-21/h7-9,13,18-19,22H,3-6,10-12,14-15,21H2,1-2H3. The van der Waals surface area contributed by atoms with E-state index in [0.29, 0.717) is 17.5 Å². The van der Waals surface area contributed by atoms with Gasteiger partial charge in [-0.2, -0.15) is 0 Å². The van der Waals surface area contributed by atoms with Gasteiger partial charge in [-0.25, -0.2) is 8.42 Å². The van der Waals surface area contributed by atoms with Crippen molar-refractivity contribution in [1.29, 1.82) is 0 Å². The second-order valence-corrected chi connectivity index (χ2v) is 9.95. The number of anilines is 1. The van der Waals surface area contributed by atoms with Crippen LogP contribution in [0.4, 0.5) is 5.69 Å². The van der Waals surface area contributed by atoms with Crippen LogP contribution in [0.1, 0.15) is 45.1 Å². The average Bonchev–Trinajstić information content (AvgIpc) is 2.94. The van der Waals surface area contributed by atoms with Gasteiger partial charge in [0.25, 0.3) is 0 Å². The van der Waals surface area contributed by atoms with Gasteiger partial charge in [0, 0.05) is 30.7 Å². The maximum atomic E-state index is 12.0. The highest BCUT2D eigenvalue weighted by molar-refractivity contribution is 7.92. The van der Waals surface area contributed by atoms with E-state index in [1.54, 1.807) is 0 Å². The SMILES string of the molecule is CCCCCCN1CC2C(C1)C2(C)c1cccc(NS(=O)(=O)CCN)c1. The van der Waals surface area contributed by atoms with Crippen molar-refractivity contribution >= 4 is 15.7 Å². The van der Waals surface area contributed by atoms with E-state index < -0.39 is 10.0 Å². The fraction of sp³-hybridized carbons (Fsp3) is 0.700. The molecule has 1 aliphatic carbocycles. The molecule has 0 bridgehead atoms. The summed E-state index contributed by atoms with van der Waals surface area (Å²) in [6.07, 6.45) is 5.27. The van der Waals surface area contributed by atoms with E-state index in [0.717, 1.165) is 0 Å². The first-order valence-corrected chi connectivity index (χ1v) is 11.6. The number of sulfonamides is 1. The van der Waals surface area contributed by atoms with E-state index in [1.807, 2.05) is 18.2 Å². The third-order valence-electron chi connectivity index (χ3n) is 6.30. The normalized spacial score (nSPS) is 28.1. The molecule has 3 rings (SSSR count). The second kappa shape index (κ2) is 7.87. The van der Waals surface area contributed by atoms with Crippen LogP contribution in [-0.2, 0) is 15.4 Å². The van der Waals surface area contributed by atoms with Crippen LogP contribution < -0.4 is 10.5 Å². The van der Waals surface area contributed by atoms with Crippen LogP contribution in [-0.4, -0.2) is 45.2 Å². The number of unbranched alkanes of at least 4 members (excludes halogenated alkanes) is 3. The molecule has 1 saturated heterocycles. The Morgan fingerprint density at radius 2 is 1.96 bits per heavy atom. The van der Waals surface area contributed by atoms with Crippen molar-refractivity contribution in [2.45, 2.75) is 44.9 Å². The summed E-state index contributed by atoms with van der Waals surface area (Å²) in [4.78, 5) is 2.61. The maximum absolute atomic E-state index is 12.0. The van der Waals surface area contributed by atoms with E-state index in [-0.39, 0.29) is 17.7 Å².